The summed E-state index contributed by atoms with van der Waals surface area (Å²) in [6, 6.07) is 9.52. The fourth-order valence-corrected chi connectivity index (χ4v) is 2.24. The van der Waals surface area contributed by atoms with Crippen LogP contribution in [0.15, 0.2) is 30.3 Å². The first-order valence-electron chi connectivity index (χ1n) is 5.26. The number of benzene rings is 1. The lowest BCUT2D eigenvalue weighted by Crippen LogP contribution is -2.40. The van der Waals surface area contributed by atoms with E-state index in [1.165, 1.54) is 0 Å². The van der Waals surface area contributed by atoms with Crippen molar-refractivity contribution in [2.24, 2.45) is 0 Å². The highest BCUT2D eigenvalue weighted by atomic mass is 35.5. The third-order valence-electron chi connectivity index (χ3n) is 2.71. The largest absolute Gasteiger partial charge is 0.374 e. The molecule has 0 amide bonds. The minimum absolute atomic E-state index is 0.0774. The average molecular weight is 224 g/mol. The van der Waals surface area contributed by atoms with Gasteiger partial charge in [-0.05, 0) is 25.0 Å². The molecule has 0 bridgehead atoms. The SMILES string of the molecule is O=C1CCCC(Cl)C1Nc1ccccc1. The minimum atomic E-state index is -0.220. The van der Waals surface area contributed by atoms with Gasteiger partial charge in [-0.25, -0.2) is 0 Å². The highest BCUT2D eigenvalue weighted by Crippen LogP contribution is 2.23. The molecule has 1 fully saturated rings. The number of Topliss-reactive ketones (excluding diaryl/α,β-unsaturated/α-hetero) is 1. The maximum Gasteiger partial charge on any atom is 0.156 e. The summed E-state index contributed by atoms with van der Waals surface area (Å²) in [6.07, 6.45) is 2.48. The molecule has 1 aromatic carbocycles. The first-order chi connectivity index (χ1) is 7.27. The molecule has 0 heterocycles. The Morgan fingerprint density at radius 2 is 2.00 bits per heavy atom. The third kappa shape index (κ3) is 2.51. The number of alkyl halides is 1. The van der Waals surface area contributed by atoms with E-state index in [1.807, 2.05) is 30.3 Å². The smallest absolute Gasteiger partial charge is 0.156 e. The predicted molar refractivity (Wildman–Crippen MR) is 62.4 cm³/mol. The molecule has 0 spiro atoms. The van der Waals surface area contributed by atoms with E-state index in [9.17, 15) is 4.79 Å². The van der Waals surface area contributed by atoms with Crippen molar-refractivity contribution in [3.05, 3.63) is 30.3 Å². The van der Waals surface area contributed by atoms with Crippen molar-refractivity contribution >= 4 is 23.1 Å². The maximum atomic E-state index is 11.7. The monoisotopic (exact) mass is 223 g/mol. The van der Waals surface area contributed by atoms with Crippen molar-refractivity contribution < 1.29 is 4.79 Å². The van der Waals surface area contributed by atoms with Crippen molar-refractivity contribution in [2.75, 3.05) is 5.32 Å². The Labute approximate surface area is 94.6 Å². The van der Waals surface area contributed by atoms with Crippen molar-refractivity contribution in [2.45, 2.75) is 30.7 Å². The lowest BCUT2D eigenvalue weighted by Gasteiger charge is -2.27. The zero-order valence-corrected chi connectivity index (χ0v) is 9.20. The van der Waals surface area contributed by atoms with E-state index in [1.54, 1.807) is 0 Å². The van der Waals surface area contributed by atoms with Crippen LogP contribution in [0.3, 0.4) is 0 Å². The minimum Gasteiger partial charge on any atom is -0.374 e. The zero-order chi connectivity index (χ0) is 10.7. The first-order valence-corrected chi connectivity index (χ1v) is 5.69. The number of nitrogens with one attached hydrogen (secondary N) is 1. The molecule has 0 saturated heterocycles. The van der Waals surface area contributed by atoms with E-state index < -0.39 is 0 Å². The summed E-state index contributed by atoms with van der Waals surface area (Å²) in [5.74, 6) is 0.227. The number of hydrogen-bond donors (Lipinski definition) is 1. The van der Waals surface area contributed by atoms with Crippen molar-refractivity contribution in [1.29, 1.82) is 0 Å². The van der Waals surface area contributed by atoms with Crippen LogP contribution in [0.4, 0.5) is 5.69 Å². The molecule has 2 nitrogen and oxygen atoms in total. The molecule has 2 unspecified atom stereocenters. The number of carbonyl (C=O) groups is 1. The molecule has 1 aliphatic rings. The number of hydrogen-bond acceptors (Lipinski definition) is 2. The number of carbonyl (C=O) groups excluding carboxylic acids is 1. The van der Waals surface area contributed by atoms with Crippen LogP contribution in [-0.2, 0) is 4.79 Å². The molecule has 0 aliphatic heterocycles. The molecule has 2 rings (SSSR count). The summed E-state index contributed by atoms with van der Waals surface area (Å²) in [7, 11) is 0. The lowest BCUT2D eigenvalue weighted by molar-refractivity contribution is -0.120. The average Bonchev–Trinajstić information content (AvgIpc) is 2.25. The van der Waals surface area contributed by atoms with Crippen LogP contribution < -0.4 is 5.32 Å². The zero-order valence-electron chi connectivity index (χ0n) is 8.45. The molecular formula is C12H14ClNO. The van der Waals surface area contributed by atoms with Gasteiger partial charge < -0.3 is 5.32 Å². The van der Waals surface area contributed by atoms with Crippen LogP contribution in [0.25, 0.3) is 0 Å². The Morgan fingerprint density at radius 3 is 2.67 bits per heavy atom. The van der Waals surface area contributed by atoms with Gasteiger partial charge in [0.05, 0.1) is 5.38 Å². The summed E-state index contributed by atoms with van der Waals surface area (Å²) < 4.78 is 0. The fourth-order valence-electron chi connectivity index (χ4n) is 1.88. The molecular weight excluding hydrogens is 210 g/mol. The molecule has 1 saturated carbocycles. The summed E-state index contributed by atoms with van der Waals surface area (Å²) in [4.78, 5) is 11.7. The molecule has 3 heteroatoms. The van der Waals surface area contributed by atoms with E-state index in [0.29, 0.717) is 6.42 Å². The van der Waals surface area contributed by atoms with Crippen LogP contribution in [0.2, 0.25) is 0 Å². The summed E-state index contributed by atoms with van der Waals surface area (Å²) in [5, 5.41) is 3.12. The molecule has 2 atom stereocenters. The van der Waals surface area contributed by atoms with Crippen molar-refractivity contribution in [3.8, 4) is 0 Å². The highest BCUT2D eigenvalue weighted by Gasteiger charge is 2.29. The molecule has 0 radical (unpaired) electrons. The maximum absolute atomic E-state index is 11.7. The number of para-hydroxylation sites is 1. The van der Waals surface area contributed by atoms with Crippen molar-refractivity contribution in [1.82, 2.24) is 0 Å². The summed E-state index contributed by atoms with van der Waals surface area (Å²) in [5.41, 5.74) is 0.961. The van der Waals surface area contributed by atoms with Gasteiger partial charge in [0.15, 0.2) is 5.78 Å². The second-order valence-electron chi connectivity index (χ2n) is 3.86. The molecule has 1 aliphatic carbocycles. The van der Waals surface area contributed by atoms with Crippen LogP contribution >= 0.6 is 11.6 Å². The van der Waals surface area contributed by atoms with Gasteiger partial charge in [-0.2, -0.15) is 0 Å². The number of ketones is 1. The molecule has 0 aromatic heterocycles. The predicted octanol–water partition coefficient (Wildman–Crippen LogP) is 2.83. The number of anilines is 1. The molecule has 1 aromatic rings. The lowest BCUT2D eigenvalue weighted by atomic mass is 9.93. The second kappa shape index (κ2) is 4.67. The summed E-state index contributed by atoms with van der Waals surface area (Å²) in [6.45, 7) is 0. The van der Waals surface area contributed by atoms with E-state index in [-0.39, 0.29) is 17.2 Å². The quantitative estimate of drug-likeness (QED) is 0.782. The normalized spacial score (nSPS) is 26.3. The van der Waals surface area contributed by atoms with E-state index in [4.69, 9.17) is 11.6 Å². The highest BCUT2D eigenvalue weighted by molar-refractivity contribution is 6.23. The Hall–Kier alpha value is -1.02. The van der Waals surface area contributed by atoms with Gasteiger partial charge in [-0.15, -0.1) is 11.6 Å². The van der Waals surface area contributed by atoms with Gasteiger partial charge >= 0.3 is 0 Å². The van der Waals surface area contributed by atoms with Crippen LogP contribution in [0.1, 0.15) is 19.3 Å². The summed E-state index contributed by atoms with van der Waals surface area (Å²) >= 11 is 6.14. The van der Waals surface area contributed by atoms with Crippen LogP contribution in [0.5, 0.6) is 0 Å². The Kier molecular flexibility index (Phi) is 3.27. The first kappa shape index (κ1) is 10.5. The van der Waals surface area contributed by atoms with Crippen molar-refractivity contribution in [3.63, 3.8) is 0 Å². The van der Waals surface area contributed by atoms with E-state index in [2.05, 4.69) is 5.32 Å². The Morgan fingerprint density at radius 1 is 1.27 bits per heavy atom. The number of rotatable bonds is 2. The van der Waals surface area contributed by atoms with Gasteiger partial charge in [0.25, 0.3) is 0 Å². The fraction of sp³-hybridized carbons (Fsp3) is 0.417. The van der Waals surface area contributed by atoms with Gasteiger partial charge in [0, 0.05) is 12.1 Å². The molecule has 80 valence electrons. The van der Waals surface area contributed by atoms with Gasteiger partial charge in [-0.3, -0.25) is 4.79 Å². The molecule has 15 heavy (non-hydrogen) atoms. The van der Waals surface area contributed by atoms with E-state index in [0.717, 1.165) is 18.5 Å². The topological polar surface area (TPSA) is 29.1 Å². The number of halogens is 1. The Bertz CT molecular complexity index is 339. The third-order valence-corrected chi connectivity index (χ3v) is 3.18. The Balaban J connectivity index is 2.07. The second-order valence-corrected chi connectivity index (χ2v) is 4.42. The van der Waals surface area contributed by atoms with Gasteiger partial charge in [0.2, 0.25) is 0 Å². The molecule has 1 N–H and O–H groups in total. The van der Waals surface area contributed by atoms with Crippen LogP contribution in [-0.4, -0.2) is 17.2 Å². The van der Waals surface area contributed by atoms with E-state index >= 15 is 0 Å². The standard InChI is InChI=1S/C12H14ClNO/c13-10-7-4-8-11(15)12(10)14-9-5-2-1-3-6-9/h1-3,5-6,10,12,14H,4,7-8H2. The van der Waals surface area contributed by atoms with Gasteiger partial charge in [-0.1, -0.05) is 18.2 Å². The van der Waals surface area contributed by atoms with Gasteiger partial charge in [0.1, 0.15) is 6.04 Å². The van der Waals surface area contributed by atoms with Crippen LogP contribution in [0, 0.1) is 0 Å².